The number of aliphatic hydroxyl groups excluding tert-OH is 1. The maximum Gasteiger partial charge on any atom is 0.433 e. The quantitative estimate of drug-likeness (QED) is 0.671. The van der Waals surface area contributed by atoms with Gasteiger partial charge in [0.1, 0.15) is 17.6 Å². The van der Waals surface area contributed by atoms with E-state index in [1.807, 2.05) is 0 Å². The molecule has 6 nitrogen and oxygen atoms in total. The fourth-order valence-corrected chi connectivity index (χ4v) is 1.38. The van der Waals surface area contributed by atoms with Gasteiger partial charge in [0.25, 0.3) is 0 Å². The molecule has 106 valence electrons. The molecule has 0 radical (unpaired) electrons. The van der Waals surface area contributed by atoms with Gasteiger partial charge in [-0.25, -0.2) is 4.98 Å². The topological polar surface area (TPSA) is 79.5 Å². The molecule has 1 heterocycles. The van der Waals surface area contributed by atoms with Gasteiger partial charge in [0.05, 0.1) is 11.5 Å². The zero-order valence-electron chi connectivity index (χ0n) is 10.2. The summed E-state index contributed by atoms with van der Waals surface area (Å²) in [4.78, 5) is 14.2. The average Bonchev–Trinajstić information content (AvgIpc) is 2.34. The maximum absolute atomic E-state index is 12.5. The lowest BCUT2D eigenvalue weighted by Gasteiger charge is -2.25. The van der Waals surface area contributed by atoms with Crippen molar-refractivity contribution < 1.29 is 23.2 Å². The van der Waals surface area contributed by atoms with Gasteiger partial charge in [-0.05, 0) is 13.0 Å². The lowest BCUT2D eigenvalue weighted by molar-refractivity contribution is -0.384. The molecule has 0 aliphatic carbocycles. The van der Waals surface area contributed by atoms with E-state index < -0.39 is 28.5 Å². The lowest BCUT2D eigenvalue weighted by Crippen LogP contribution is -2.32. The van der Waals surface area contributed by atoms with Crippen LogP contribution in [0.1, 0.15) is 12.6 Å². The summed E-state index contributed by atoms with van der Waals surface area (Å²) >= 11 is 0. The number of aromatic nitrogens is 1. The largest absolute Gasteiger partial charge is 0.433 e. The lowest BCUT2D eigenvalue weighted by atomic mass is 10.2. The van der Waals surface area contributed by atoms with Crippen molar-refractivity contribution in [1.82, 2.24) is 4.98 Å². The average molecular weight is 279 g/mol. The second-order valence-corrected chi connectivity index (χ2v) is 3.96. The zero-order valence-corrected chi connectivity index (χ0v) is 10.2. The molecule has 0 fully saturated rings. The van der Waals surface area contributed by atoms with E-state index in [9.17, 15) is 23.3 Å². The second-order valence-electron chi connectivity index (χ2n) is 3.96. The van der Waals surface area contributed by atoms with Crippen LogP contribution >= 0.6 is 0 Å². The molecule has 0 bridgehead atoms. The number of likely N-dealkylation sites (N-methyl/N-ethyl adjacent to an activating group) is 1. The predicted molar refractivity (Wildman–Crippen MR) is 60.8 cm³/mol. The minimum Gasteiger partial charge on any atom is -0.394 e. The third kappa shape index (κ3) is 3.31. The molecular weight excluding hydrogens is 267 g/mol. The summed E-state index contributed by atoms with van der Waals surface area (Å²) < 4.78 is 37.6. The summed E-state index contributed by atoms with van der Waals surface area (Å²) in [5, 5.41) is 19.8. The van der Waals surface area contributed by atoms with Gasteiger partial charge in [-0.15, -0.1) is 0 Å². The summed E-state index contributed by atoms with van der Waals surface area (Å²) in [6.07, 6.45) is -4.12. The van der Waals surface area contributed by atoms with E-state index in [1.165, 1.54) is 18.9 Å². The summed E-state index contributed by atoms with van der Waals surface area (Å²) in [5.41, 5.74) is -2.00. The number of anilines is 1. The monoisotopic (exact) mass is 279 g/mol. The Bertz CT molecular complexity index is 479. The van der Waals surface area contributed by atoms with Crippen LogP contribution in [0.4, 0.5) is 24.5 Å². The molecule has 19 heavy (non-hydrogen) atoms. The summed E-state index contributed by atoms with van der Waals surface area (Å²) in [7, 11) is 1.36. The highest BCUT2D eigenvalue weighted by molar-refractivity contribution is 5.63. The van der Waals surface area contributed by atoms with Crippen molar-refractivity contribution in [1.29, 1.82) is 0 Å². The fraction of sp³-hybridized carbons (Fsp3) is 0.500. The Labute approximate surface area is 106 Å². The molecule has 1 atom stereocenters. The van der Waals surface area contributed by atoms with Crippen LogP contribution in [0.25, 0.3) is 0 Å². The van der Waals surface area contributed by atoms with Gasteiger partial charge in [0, 0.05) is 13.1 Å². The number of aliphatic hydroxyl groups is 1. The Morgan fingerprint density at radius 3 is 2.58 bits per heavy atom. The Morgan fingerprint density at radius 1 is 1.58 bits per heavy atom. The molecule has 0 saturated heterocycles. The van der Waals surface area contributed by atoms with Gasteiger partial charge in [-0.1, -0.05) is 0 Å². The van der Waals surface area contributed by atoms with E-state index in [1.54, 1.807) is 0 Å². The minimum atomic E-state index is -4.69. The molecule has 0 aromatic carbocycles. The number of halogens is 3. The number of alkyl halides is 3. The number of nitro groups is 1. The van der Waals surface area contributed by atoms with Gasteiger partial charge in [0.15, 0.2) is 0 Å². The Morgan fingerprint density at radius 2 is 2.16 bits per heavy atom. The van der Waals surface area contributed by atoms with Crippen LogP contribution in [0.2, 0.25) is 0 Å². The maximum atomic E-state index is 12.5. The summed E-state index contributed by atoms with van der Waals surface area (Å²) in [6, 6.07) is 0.0341. The Balaban J connectivity index is 3.35. The van der Waals surface area contributed by atoms with Gasteiger partial charge in [-0.2, -0.15) is 13.2 Å². The van der Waals surface area contributed by atoms with Crippen molar-refractivity contribution >= 4 is 11.4 Å². The van der Waals surface area contributed by atoms with Gasteiger partial charge in [0.2, 0.25) is 0 Å². The molecule has 0 amide bonds. The second kappa shape index (κ2) is 5.39. The molecule has 0 aliphatic heterocycles. The number of hydrogen-bond acceptors (Lipinski definition) is 5. The van der Waals surface area contributed by atoms with Crippen LogP contribution in [0, 0.1) is 10.1 Å². The molecule has 1 N–H and O–H groups in total. The third-order valence-corrected chi connectivity index (χ3v) is 2.65. The zero-order chi connectivity index (χ0) is 14.8. The van der Waals surface area contributed by atoms with E-state index in [-0.39, 0.29) is 12.3 Å². The van der Waals surface area contributed by atoms with Crippen LogP contribution in [0.3, 0.4) is 0 Å². The molecule has 9 heteroatoms. The number of nitrogens with zero attached hydrogens (tertiary/aromatic N) is 3. The normalized spacial score (nSPS) is 13.2. The number of pyridine rings is 1. The smallest absolute Gasteiger partial charge is 0.394 e. The first-order valence-electron chi connectivity index (χ1n) is 5.23. The molecule has 0 spiro atoms. The Hall–Kier alpha value is -1.90. The van der Waals surface area contributed by atoms with Gasteiger partial charge in [-0.3, -0.25) is 10.1 Å². The molecule has 1 aromatic heterocycles. The van der Waals surface area contributed by atoms with Gasteiger partial charge >= 0.3 is 11.9 Å². The van der Waals surface area contributed by atoms with E-state index in [0.29, 0.717) is 12.3 Å². The summed E-state index contributed by atoms with van der Waals surface area (Å²) in [5.74, 6) is 0. The van der Waals surface area contributed by atoms with Crippen molar-refractivity contribution in [3.63, 3.8) is 0 Å². The molecule has 1 aromatic rings. The SMILES string of the molecule is CC(CO)N(C)c1cc(C(F)(F)F)ncc1[N+](=O)[O-]. The minimum absolute atomic E-state index is 0.242. The van der Waals surface area contributed by atoms with E-state index >= 15 is 0 Å². The van der Waals surface area contributed by atoms with Crippen molar-refractivity contribution in [3.8, 4) is 0 Å². The number of hydrogen-bond donors (Lipinski definition) is 1. The predicted octanol–water partition coefficient (Wildman–Crippen LogP) is 1.83. The highest BCUT2D eigenvalue weighted by atomic mass is 19.4. The van der Waals surface area contributed by atoms with Crippen LogP contribution in [-0.4, -0.2) is 34.7 Å². The van der Waals surface area contributed by atoms with Crippen LogP contribution in [-0.2, 0) is 6.18 Å². The van der Waals surface area contributed by atoms with Crippen LogP contribution in [0.15, 0.2) is 12.3 Å². The first kappa shape index (κ1) is 15.2. The number of rotatable bonds is 4. The van der Waals surface area contributed by atoms with Crippen molar-refractivity contribution in [3.05, 3.63) is 28.1 Å². The fourth-order valence-electron chi connectivity index (χ4n) is 1.38. The first-order valence-corrected chi connectivity index (χ1v) is 5.23. The van der Waals surface area contributed by atoms with E-state index in [2.05, 4.69) is 4.98 Å². The summed E-state index contributed by atoms with van der Waals surface area (Å²) in [6.45, 7) is 1.18. The third-order valence-electron chi connectivity index (χ3n) is 2.65. The van der Waals surface area contributed by atoms with E-state index in [4.69, 9.17) is 5.11 Å². The molecule has 1 rings (SSSR count). The van der Waals surface area contributed by atoms with Crippen molar-refractivity contribution in [2.45, 2.75) is 19.1 Å². The molecule has 1 unspecified atom stereocenters. The van der Waals surface area contributed by atoms with Crippen LogP contribution < -0.4 is 4.90 Å². The molecular formula is C10H12F3N3O3. The van der Waals surface area contributed by atoms with Crippen molar-refractivity contribution in [2.75, 3.05) is 18.6 Å². The van der Waals surface area contributed by atoms with Crippen molar-refractivity contribution in [2.24, 2.45) is 0 Å². The highest BCUT2D eigenvalue weighted by Gasteiger charge is 2.35. The van der Waals surface area contributed by atoms with Gasteiger partial charge < -0.3 is 10.0 Å². The Kier molecular flexibility index (Phi) is 4.30. The molecule has 0 saturated carbocycles. The molecule has 0 aliphatic rings. The van der Waals surface area contributed by atoms with Crippen LogP contribution in [0.5, 0.6) is 0 Å². The standard InChI is InChI=1S/C10H12F3N3O3/c1-6(5-17)15(2)7-3-9(10(11,12)13)14-4-8(7)16(18)19/h3-4,6,17H,5H2,1-2H3. The first-order chi connectivity index (χ1) is 8.68. The van der Waals surface area contributed by atoms with E-state index in [0.717, 1.165) is 0 Å². The highest BCUT2D eigenvalue weighted by Crippen LogP contribution is 2.34.